The molecule has 0 saturated heterocycles. The van der Waals surface area contributed by atoms with Crippen LogP contribution in [0.5, 0.6) is 0 Å². The van der Waals surface area contributed by atoms with Crippen molar-refractivity contribution in [1.29, 1.82) is 0 Å². The summed E-state index contributed by atoms with van der Waals surface area (Å²) in [5.74, 6) is -0.0837. The number of hydrogen-bond acceptors (Lipinski definition) is 5. The van der Waals surface area contributed by atoms with Crippen LogP contribution < -0.4 is 5.32 Å². The Morgan fingerprint density at radius 3 is 2.67 bits per heavy atom. The molecule has 2 aromatic rings. The van der Waals surface area contributed by atoms with Crippen LogP contribution in [0.25, 0.3) is 10.4 Å². The fraction of sp³-hybridized carbons (Fsp3) is 0.450. The summed E-state index contributed by atoms with van der Waals surface area (Å²) in [6, 6.07) is 3.33. The van der Waals surface area contributed by atoms with Crippen LogP contribution in [0.2, 0.25) is 0 Å². The van der Waals surface area contributed by atoms with Crippen LogP contribution >= 0.6 is 11.3 Å². The number of anilines is 1. The van der Waals surface area contributed by atoms with Gasteiger partial charge in [0.05, 0.1) is 10.4 Å². The van der Waals surface area contributed by atoms with Crippen molar-refractivity contribution in [3.8, 4) is 10.4 Å². The second kappa shape index (κ2) is 7.90. The van der Waals surface area contributed by atoms with E-state index in [0.29, 0.717) is 34.0 Å². The molecule has 2 heterocycles. The number of carbonyl (C=O) groups is 2. The van der Waals surface area contributed by atoms with Crippen molar-refractivity contribution in [3.63, 3.8) is 0 Å². The molecular weight excluding hydrogens is 432 g/mol. The number of nitrogens with zero attached hydrogens (tertiary/aromatic N) is 2. The van der Waals surface area contributed by atoms with E-state index in [2.05, 4.69) is 10.3 Å². The molecule has 1 aliphatic carbocycles. The third-order valence-electron chi connectivity index (χ3n) is 5.51. The zero-order chi connectivity index (χ0) is 21.7. The number of halogens is 2. The molecule has 1 saturated carbocycles. The maximum Gasteiger partial charge on any atom is 0.281 e. The molecule has 2 atom stereocenters. The van der Waals surface area contributed by atoms with E-state index in [1.165, 1.54) is 19.2 Å². The number of alkyl halides is 2. The van der Waals surface area contributed by atoms with E-state index in [4.69, 9.17) is 0 Å². The van der Waals surface area contributed by atoms with Crippen LogP contribution in [0.1, 0.15) is 54.7 Å². The Labute approximate surface area is 179 Å². The zero-order valence-corrected chi connectivity index (χ0v) is 18.3. The number of aromatic nitrogens is 1. The molecular formula is C20H21F2N3O3S2. The van der Waals surface area contributed by atoms with Crippen LogP contribution in [0.15, 0.2) is 17.0 Å². The van der Waals surface area contributed by atoms with Gasteiger partial charge in [-0.2, -0.15) is 0 Å². The molecule has 6 nitrogen and oxygen atoms in total. The monoisotopic (exact) mass is 453 g/mol. The molecule has 0 spiro atoms. The smallest absolute Gasteiger partial charge is 0.281 e. The maximum atomic E-state index is 13.6. The van der Waals surface area contributed by atoms with Crippen molar-refractivity contribution in [2.75, 3.05) is 11.6 Å². The molecule has 10 heteroatoms. The van der Waals surface area contributed by atoms with Crippen molar-refractivity contribution in [2.24, 2.45) is 5.92 Å². The minimum atomic E-state index is -2.84. The molecule has 30 heavy (non-hydrogen) atoms. The van der Waals surface area contributed by atoms with E-state index >= 15 is 0 Å². The van der Waals surface area contributed by atoms with Gasteiger partial charge in [0.1, 0.15) is 11.9 Å². The van der Waals surface area contributed by atoms with E-state index in [1.807, 2.05) is 6.92 Å². The highest BCUT2D eigenvalue weighted by Crippen LogP contribution is 2.43. The fourth-order valence-corrected chi connectivity index (χ4v) is 5.66. The van der Waals surface area contributed by atoms with E-state index in [-0.39, 0.29) is 22.0 Å². The first-order chi connectivity index (χ1) is 14.2. The van der Waals surface area contributed by atoms with Crippen LogP contribution in [0, 0.1) is 5.92 Å². The van der Waals surface area contributed by atoms with Gasteiger partial charge in [0.15, 0.2) is 10.0 Å². The topological polar surface area (TPSA) is 85.4 Å². The summed E-state index contributed by atoms with van der Waals surface area (Å²) in [6.45, 7) is 3.66. The summed E-state index contributed by atoms with van der Waals surface area (Å²) < 4.78 is 39.7. The lowest BCUT2D eigenvalue weighted by Crippen LogP contribution is -2.35. The summed E-state index contributed by atoms with van der Waals surface area (Å²) in [5, 5.41) is 2.52. The number of benzene rings is 1. The van der Waals surface area contributed by atoms with Gasteiger partial charge in [0, 0.05) is 25.6 Å². The van der Waals surface area contributed by atoms with Gasteiger partial charge in [-0.1, -0.05) is 11.3 Å². The molecule has 0 bridgehead atoms. The predicted molar refractivity (Wildman–Crippen MR) is 111 cm³/mol. The van der Waals surface area contributed by atoms with Gasteiger partial charge in [-0.05, 0) is 54.1 Å². The molecule has 2 amide bonds. The Morgan fingerprint density at radius 2 is 2.10 bits per heavy atom. The van der Waals surface area contributed by atoms with Gasteiger partial charge in [-0.3, -0.25) is 9.59 Å². The minimum absolute atomic E-state index is 0.0764. The Bertz CT molecular complexity index is 1020. The Balaban J connectivity index is 1.80. The summed E-state index contributed by atoms with van der Waals surface area (Å²) >= 11 is -0.541. The van der Waals surface area contributed by atoms with Crippen molar-refractivity contribution in [2.45, 2.75) is 50.6 Å². The van der Waals surface area contributed by atoms with E-state index < -0.39 is 29.2 Å². The van der Waals surface area contributed by atoms with Gasteiger partial charge in [-0.25, -0.2) is 13.8 Å². The molecule has 2 unspecified atom stereocenters. The van der Waals surface area contributed by atoms with E-state index in [1.54, 1.807) is 11.0 Å². The van der Waals surface area contributed by atoms with Gasteiger partial charge in [0.25, 0.3) is 12.3 Å². The maximum absolute atomic E-state index is 13.6. The van der Waals surface area contributed by atoms with E-state index in [9.17, 15) is 22.9 Å². The number of rotatable bonds is 6. The number of amides is 2. The van der Waals surface area contributed by atoms with E-state index in [0.717, 1.165) is 24.2 Å². The summed E-state index contributed by atoms with van der Waals surface area (Å²) in [6.07, 6.45) is 0.812. The lowest BCUT2D eigenvalue weighted by atomic mass is 10.0. The summed E-state index contributed by atoms with van der Waals surface area (Å²) in [7, 11) is 0. The van der Waals surface area contributed by atoms with Crippen LogP contribution in [-0.4, -0.2) is 38.5 Å². The first-order valence-electron chi connectivity index (χ1n) is 9.55. The highest BCUT2D eigenvalue weighted by molar-refractivity contribution is 7.90. The van der Waals surface area contributed by atoms with Crippen LogP contribution in [0.3, 0.4) is 0 Å². The molecule has 1 aromatic carbocycles. The highest BCUT2D eigenvalue weighted by Gasteiger charge is 2.41. The van der Waals surface area contributed by atoms with Gasteiger partial charge < -0.3 is 14.8 Å². The summed E-state index contributed by atoms with van der Waals surface area (Å²) in [4.78, 5) is 30.6. The first kappa shape index (κ1) is 21.2. The molecule has 0 radical (unpaired) electrons. The van der Waals surface area contributed by atoms with Crippen molar-refractivity contribution in [1.82, 2.24) is 9.88 Å². The van der Waals surface area contributed by atoms with Gasteiger partial charge >= 0.3 is 0 Å². The SMILES string of the molecule is CC(=O)Nc1nc(C(F)F)c(-c2cc3c(c([S+](C)[O-])c2)C(=O)N(C(C)C2CC2)C3)s1. The third-order valence-corrected chi connectivity index (χ3v) is 7.49. The molecule has 2 aliphatic rings. The molecule has 1 aromatic heterocycles. The lowest BCUT2D eigenvalue weighted by Gasteiger charge is -2.24. The standard InChI is InChI=1S/C20H21F2N3O3S2/c1-9(11-4-5-11)25-8-13-6-12(7-14(30(3)28)15(13)19(25)27)17-16(18(21)22)24-20(29-17)23-10(2)26/h6-7,9,11,18H,4-5,8H2,1-3H3,(H,23,24,26). The molecule has 1 N–H and O–H groups in total. The summed E-state index contributed by atoms with van der Waals surface area (Å²) in [5.41, 5.74) is 1.09. The number of carbonyl (C=O) groups excluding carboxylic acids is 2. The van der Waals surface area contributed by atoms with Crippen molar-refractivity contribution < 1.29 is 22.9 Å². The zero-order valence-electron chi connectivity index (χ0n) is 16.7. The largest absolute Gasteiger partial charge is 0.612 e. The fourth-order valence-electron chi connectivity index (χ4n) is 3.85. The van der Waals surface area contributed by atoms with Crippen molar-refractivity contribution >= 4 is 39.5 Å². The molecule has 160 valence electrons. The average molecular weight is 454 g/mol. The highest BCUT2D eigenvalue weighted by atomic mass is 32.2. The second-order valence-corrected chi connectivity index (χ2v) is 10.0. The Hall–Kier alpha value is -2.04. The Morgan fingerprint density at radius 1 is 1.40 bits per heavy atom. The average Bonchev–Trinajstić information content (AvgIpc) is 3.35. The quantitative estimate of drug-likeness (QED) is 0.665. The normalized spacial score (nSPS) is 18.0. The van der Waals surface area contributed by atoms with Crippen molar-refractivity contribution in [3.05, 3.63) is 29.0 Å². The van der Waals surface area contributed by atoms with Gasteiger partial charge in [0.2, 0.25) is 5.91 Å². The van der Waals surface area contributed by atoms with Crippen LogP contribution in [0.4, 0.5) is 13.9 Å². The Kier molecular flexibility index (Phi) is 5.58. The molecule has 1 fully saturated rings. The number of hydrogen-bond donors (Lipinski definition) is 1. The number of fused-ring (bicyclic) bond motifs is 1. The predicted octanol–water partition coefficient (Wildman–Crippen LogP) is 4.20. The van der Waals surface area contributed by atoms with Gasteiger partial charge in [-0.15, -0.1) is 0 Å². The minimum Gasteiger partial charge on any atom is -0.612 e. The first-order valence-corrected chi connectivity index (χ1v) is 11.9. The number of nitrogens with one attached hydrogen (secondary N) is 1. The molecule has 4 rings (SSSR count). The number of thiazole rings is 1. The molecule has 1 aliphatic heterocycles. The second-order valence-electron chi connectivity index (χ2n) is 7.69. The lowest BCUT2D eigenvalue weighted by molar-refractivity contribution is -0.114. The third kappa shape index (κ3) is 3.83. The van der Waals surface area contributed by atoms with Crippen LogP contribution in [-0.2, 0) is 22.5 Å².